The van der Waals surface area contributed by atoms with Gasteiger partial charge in [0.25, 0.3) is 0 Å². The Balaban J connectivity index is 0.000000186. The van der Waals surface area contributed by atoms with Gasteiger partial charge in [0, 0.05) is 87.3 Å². The number of alkyl halides is 9. The number of aromatic amines is 1. The van der Waals surface area contributed by atoms with Crippen LogP contribution < -0.4 is 32.3 Å². The molecular formula is C69H68ClF12N21O5Si2. The van der Waals surface area contributed by atoms with Gasteiger partial charge in [0.05, 0.1) is 33.2 Å². The maximum Gasteiger partial charge on any atom is 0.433 e. The molecule has 578 valence electrons. The van der Waals surface area contributed by atoms with Gasteiger partial charge in [-0.3, -0.25) is 14.4 Å². The van der Waals surface area contributed by atoms with E-state index in [1.165, 1.54) is 94.0 Å². The molecule has 0 fully saturated rings. The normalized spacial score (nSPS) is 11.8. The van der Waals surface area contributed by atoms with Crippen LogP contribution in [0.1, 0.15) is 37.9 Å². The van der Waals surface area contributed by atoms with Crippen LogP contribution >= 0.6 is 11.6 Å². The monoisotopic (exact) mass is 1590 g/mol. The first-order chi connectivity index (χ1) is 51.7. The van der Waals surface area contributed by atoms with Crippen molar-refractivity contribution in [1.82, 2.24) is 73.9 Å². The molecule has 0 aromatic carbocycles. The van der Waals surface area contributed by atoms with Crippen LogP contribution in [0.3, 0.4) is 0 Å². The van der Waals surface area contributed by atoms with E-state index < -0.39 is 81.0 Å². The van der Waals surface area contributed by atoms with E-state index in [2.05, 4.69) is 136 Å². The summed E-state index contributed by atoms with van der Waals surface area (Å²) in [5.74, 6) is -4.24. The van der Waals surface area contributed by atoms with Crippen LogP contribution in [0, 0.1) is 17.5 Å². The summed E-state index contributed by atoms with van der Waals surface area (Å²) in [5.41, 5.74) is 1.84. The molecule has 12 aromatic rings. The molecule has 12 aromatic heterocycles. The second kappa shape index (κ2) is 34.7. The number of rotatable bonds is 21. The molecular weight excluding hydrogens is 1520 g/mol. The van der Waals surface area contributed by atoms with Crippen molar-refractivity contribution < 1.29 is 76.5 Å². The summed E-state index contributed by atoms with van der Waals surface area (Å²) in [6.45, 7) is 18.6. The maximum absolute atomic E-state index is 15.1. The summed E-state index contributed by atoms with van der Waals surface area (Å²) in [7, 11) is -2.61. The van der Waals surface area contributed by atoms with Gasteiger partial charge in [0.15, 0.2) is 51.7 Å². The lowest BCUT2D eigenvalue weighted by atomic mass is 10.2. The molecule has 12 heterocycles. The lowest BCUT2D eigenvalue weighted by Gasteiger charge is -2.16. The van der Waals surface area contributed by atoms with Crippen molar-refractivity contribution in [1.29, 1.82) is 0 Å². The molecule has 0 aliphatic heterocycles. The van der Waals surface area contributed by atoms with Gasteiger partial charge in [-0.2, -0.15) is 39.5 Å². The fourth-order valence-electron chi connectivity index (χ4n) is 9.63. The Morgan fingerprint density at radius 2 is 0.827 bits per heavy atom. The molecule has 0 saturated carbocycles. The number of nitrogens with two attached hydrogens (primary N) is 1. The average molecular weight is 1590 g/mol. The van der Waals surface area contributed by atoms with Crippen molar-refractivity contribution in [3.63, 3.8) is 0 Å². The first kappa shape index (κ1) is 82.4. The van der Waals surface area contributed by atoms with Gasteiger partial charge in [-0.25, -0.2) is 73.0 Å². The van der Waals surface area contributed by atoms with Gasteiger partial charge in [-0.05, 0) is 84.9 Å². The molecule has 0 aliphatic rings. The zero-order valence-electron chi connectivity index (χ0n) is 59.7. The van der Waals surface area contributed by atoms with Crippen molar-refractivity contribution in [2.24, 2.45) is 5.73 Å². The first-order valence-electron chi connectivity index (χ1n) is 32.8. The third kappa shape index (κ3) is 22.3. The number of H-pyrrole nitrogens is 1. The second-order valence-electron chi connectivity index (χ2n) is 26.2. The van der Waals surface area contributed by atoms with Crippen molar-refractivity contribution in [3.05, 3.63) is 168 Å². The summed E-state index contributed by atoms with van der Waals surface area (Å²) in [6, 6.07) is 21.2. The number of carbonyl (C=O) groups is 3. The van der Waals surface area contributed by atoms with Crippen LogP contribution in [0.25, 0.3) is 67.7 Å². The molecule has 12 rings (SSSR count). The number of nitrogens with zero attached hydrogens (tertiary/aromatic N) is 14. The maximum atomic E-state index is 15.1. The Kier molecular flexibility index (Phi) is 26.0. The highest BCUT2D eigenvalue weighted by atomic mass is 35.5. The minimum Gasteiger partial charge on any atom is -0.370 e. The third-order valence-electron chi connectivity index (χ3n) is 14.9. The number of primary amides is 1. The number of aromatic nitrogens is 15. The molecule has 0 bridgehead atoms. The Morgan fingerprint density at radius 3 is 1.19 bits per heavy atom. The van der Waals surface area contributed by atoms with E-state index in [1.54, 1.807) is 45.9 Å². The SMILES string of the molecule is CC(=O)Nc1nccc(Nc2nc(-c3cccc(C(F)(F)F)n3)nc3[nH]ccc23)c1F.CC(=O)Nc1nccc(Nc2nc(-c3cccc(C(F)(F)F)n3)nc3c2ccn3COCC[Si](C)(C)C)c1F.CC(N)=O.C[Si](C)(C)CCOCn1ccc2c(Nc3ccnc(Cl)c3F)nc(-c3cccc(C(F)(F)F)n3)nc21. The molecule has 8 N–H and O–H groups in total. The number of anilines is 8. The molecule has 26 nitrogen and oxygen atoms in total. The van der Waals surface area contributed by atoms with Crippen molar-refractivity contribution in [2.45, 2.75) is 104 Å². The van der Waals surface area contributed by atoms with Gasteiger partial charge >= 0.3 is 18.5 Å². The largest absolute Gasteiger partial charge is 0.433 e. The van der Waals surface area contributed by atoms with Crippen LogP contribution in [-0.4, -0.2) is 121 Å². The van der Waals surface area contributed by atoms with E-state index in [9.17, 15) is 62.7 Å². The average Bonchev–Trinajstić information content (AvgIpc) is 1.56. The standard InChI is InChI=1S/C25H27F4N7O2Si.C23H23ClF4N6OSi.C19H13F4N7O.C2H5NO/c1-15(37)31-23-20(26)17(8-10-30-23)33-21-16-9-11-36(14-38-12-13-39(2,3)4)24(16)35-22(34-21)18-6-5-7-19(32-18)25(27,28)29;1-36(2,3)12-11-35-13-34-10-8-14-20(31-15-7-9-29-19(24)18(15)25)32-21(33-22(14)34)16-5-4-6-17(30-16)23(26,27)28;1-9(31)26-18-14(20)11(6-8-25-18)28-16-10-5-7-24-15(10)29-17(30-16)12-3-2-4-13(27-12)19(21,22)23;1-2(3)4/h5-11H,12-14H2,1-4H3,(H2,30,31,33,34,35,37);4-10H,11-13H2,1-3H3,(H,29,31,32,33);2-8H,1H3,(H3,24,25,26,28,29,30,31);1H3,(H2,3,4). The summed E-state index contributed by atoms with van der Waals surface area (Å²) < 4.78 is 178. The van der Waals surface area contributed by atoms with E-state index >= 15 is 4.39 Å². The van der Waals surface area contributed by atoms with E-state index in [1.807, 2.05) is 0 Å². The van der Waals surface area contributed by atoms with E-state index in [4.69, 9.17) is 21.1 Å². The van der Waals surface area contributed by atoms with E-state index in [-0.39, 0.29) is 105 Å². The predicted octanol–water partition coefficient (Wildman–Crippen LogP) is 16.6. The predicted molar refractivity (Wildman–Crippen MR) is 393 cm³/mol. The van der Waals surface area contributed by atoms with Gasteiger partial charge in [0.1, 0.15) is 82.0 Å². The molecule has 110 heavy (non-hydrogen) atoms. The Morgan fingerprint density at radius 1 is 0.473 bits per heavy atom. The summed E-state index contributed by atoms with van der Waals surface area (Å²) in [4.78, 5) is 83.2. The molecule has 0 aliphatic carbocycles. The number of nitrogens with one attached hydrogen (secondary N) is 6. The number of hydrogen-bond donors (Lipinski definition) is 7. The number of carbonyl (C=O) groups excluding carboxylic acids is 3. The van der Waals surface area contributed by atoms with Crippen LogP contribution in [0.15, 0.2) is 128 Å². The number of amides is 3. The van der Waals surface area contributed by atoms with Gasteiger partial charge in [-0.15, -0.1) is 0 Å². The van der Waals surface area contributed by atoms with Gasteiger partial charge < -0.3 is 55.9 Å². The highest BCUT2D eigenvalue weighted by Gasteiger charge is 2.35. The highest BCUT2D eigenvalue weighted by molar-refractivity contribution is 6.76. The van der Waals surface area contributed by atoms with Crippen LogP contribution in [0.5, 0.6) is 0 Å². The molecule has 0 unspecified atom stereocenters. The molecule has 0 atom stereocenters. The molecule has 41 heteroatoms. The topological polar surface area (TPSA) is 336 Å². The van der Waals surface area contributed by atoms with Gasteiger partial charge in [-0.1, -0.05) is 69.1 Å². The molecule has 0 spiro atoms. The second-order valence-corrected chi connectivity index (χ2v) is 37.8. The zero-order chi connectivity index (χ0) is 80.2. The minimum absolute atomic E-state index is 0.00270. The number of halogens is 13. The van der Waals surface area contributed by atoms with Crippen LogP contribution in [-0.2, 0) is 55.8 Å². The van der Waals surface area contributed by atoms with Crippen molar-refractivity contribution >= 4 is 125 Å². The Labute approximate surface area is 624 Å². The fraction of sp³-hybridized carbons (Fsp3) is 0.261. The van der Waals surface area contributed by atoms with E-state index in [0.29, 0.717) is 46.3 Å². The molecule has 0 saturated heterocycles. The van der Waals surface area contributed by atoms with Crippen LogP contribution in [0.2, 0.25) is 56.5 Å². The number of pyridine rings is 6. The molecule has 3 amide bonds. The summed E-state index contributed by atoms with van der Waals surface area (Å²) in [5, 5.41) is 14.2. The zero-order valence-corrected chi connectivity index (χ0v) is 62.4. The Hall–Kier alpha value is -11.6. The third-order valence-corrected chi connectivity index (χ3v) is 18.6. The highest BCUT2D eigenvalue weighted by Crippen LogP contribution is 2.37. The smallest absolute Gasteiger partial charge is 0.370 e. The first-order valence-corrected chi connectivity index (χ1v) is 40.6. The number of hydrogen-bond acceptors (Lipinski definition) is 20. The summed E-state index contributed by atoms with van der Waals surface area (Å²) in [6.07, 6.45) is -5.06. The fourth-order valence-corrected chi connectivity index (χ4v) is 11.3. The minimum atomic E-state index is -4.66. The molecule has 0 radical (unpaired) electrons. The van der Waals surface area contributed by atoms with Crippen molar-refractivity contribution in [3.8, 4) is 34.6 Å². The number of fused-ring (bicyclic) bond motifs is 3. The lowest BCUT2D eigenvalue weighted by molar-refractivity contribution is -0.141. The van der Waals surface area contributed by atoms with E-state index in [0.717, 1.165) is 30.3 Å². The quantitative estimate of drug-likeness (QED) is 0.0152. The lowest BCUT2D eigenvalue weighted by Crippen LogP contribution is -2.22. The van der Waals surface area contributed by atoms with Gasteiger partial charge in [0.2, 0.25) is 17.7 Å². The Bertz CT molecular complexity index is 5300. The van der Waals surface area contributed by atoms with Crippen molar-refractivity contribution in [2.75, 3.05) is 39.8 Å². The van der Waals surface area contributed by atoms with Crippen LogP contribution in [0.4, 0.5) is 98.8 Å². The summed E-state index contributed by atoms with van der Waals surface area (Å²) >= 11 is 5.80. The number of ether oxygens (including phenoxy) is 2.